The third-order valence-electron chi connectivity index (χ3n) is 3.12. The molecular weight excluding hydrogens is 214 g/mol. The molecule has 0 spiro atoms. The van der Waals surface area contributed by atoms with Crippen LogP contribution in [-0.4, -0.2) is 22.7 Å². The van der Waals surface area contributed by atoms with E-state index in [2.05, 4.69) is 18.2 Å². The fraction of sp³-hybridized carbons (Fsp3) is 0.786. The Balaban J connectivity index is 0.000000239. The van der Waals surface area contributed by atoms with Crippen LogP contribution >= 0.6 is 0 Å². The zero-order valence-electron chi connectivity index (χ0n) is 10.8. The van der Waals surface area contributed by atoms with Crippen LogP contribution in [0.5, 0.6) is 0 Å². The molecule has 0 aromatic carbocycles. The fourth-order valence-corrected chi connectivity index (χ4v) is 1.37. The zero-order chi connectivity index (χ0) is 12.9. The van der Waals surface area contributed by atoms with Gasteiger partial charge in [-0.3, -0.25) is 4.79 Å². The van der Waals surface area contributed by atoms with Crippen LogP contribution in [0.1, 0.15) is 52.4 Å². The molecule has 2 aliphatic rings. The van der Waals surface area contributed by atoms with Gasteiger partial charge in [-0.25, -0.2) is 0 Å². The molecule has 0 aromatic heterocycles. The lowest BCUT2D eigenvalue weighted by Crippen LogP contribution is -2.45. The second-order valence-corrected chi connectivity index (χ2v) is 5.25. The standard InChI is InChI=1S/C9H13NO2.C5H10/c1-3-6-9(2,12)8(11)10-7-4-5-7;1-2-5-3-4-5/h1,7,12H,4-6H2,2H3,(H,10,11);5H,2-4H2,1H3. The number of hydrogen-bond acceptors (Lipinski definition) is 2. The van der Waals surface area contributed by atoms with Crippen molar-refractivity contribution in [3.05, 3.63) is 0 Å². The van der Waals surface area contributed by atoms with Crippen molar-refractivity contribution in [2.24, 2.45) is 5.92 Å². The molecule has 0 aromatic rings. The van der Waals surface area contributed by atoms with Gasteiger partial charge in [-0.1, -0.05) is 26.2 Å². The summed E-state index contributed by atoms with van der Waals surface area (Å²) in [6.45, 7) is 3.70. The minimum absolute atomic E-state index is 0.0611. The second kappa shape index (κ2) is 6.07. The highest BCUT2D eigenvalue weighted by molar-refractivity contribution is 5.85. The van der Waals surface area contributed by atoms with Gasteiger partial charge in [0.1, 0.15) is 0 Å². The highest BCUT2D eigenvalue weighted by atomic mass is 16.3. The van der Waals surface area contributed by atoms with Crippen LogP contribution in [0.3, 0.4) is 0 Å². The Bertz CT molecular complexity index is 296. The van der Waals surface area contributed by atoms with Crippen LogP contribution in [0.15, 0.2) is 0 Å². The van der Waals surface area contributed by atoms with Gasteiger partial charge >= 0.3 is 0 Å². The first kappa shape index (κ1) is 14.1. The Labute approximate surface area is 104 Å². The highest BCUT2D eigenvalue weighted by Gasteiger charge is 2.33. The van der Waals surface area contributed by atoms with Crippen molar-refractivity contribution in [2.45, 2.75) is 64.0 Å². The SMILES string of the molecule is C#CCC(C)(O)C(=O)NC1CC1.CCC1CC1. The number of carbonyl (C=O) groups is 1. The van der Waals surface area contributed by atoms with Crippen molar-refractivity contribution in [3.8, 4) is 12.3 Å². The lowest BCUT2D eigenvalue weighted by atomic mass is 10.0. The summed E-state index contributed by atoms with van der Waals surface area (Å²) in [5.41, 5.74) is -1.41. The molecule has 2 aliphatic carbocycles. The van der Waals surface area contributed by atoms with Crippen molar-refractivity contribution < 1.29 is 9.90 Å². The smallest absolute Gasteiger partial charge is 0.252 e. The minimum Gasteiger partial charge on any atom is -0.379 e. The predicted octanol–water partition coefficient (Wildman–Crippen LogP) is 1.85. The van der Waals surface area contributed by atoms with E-state index in [4.69, 9.17) is 6.42 Å². The van der Waals surface area contributed by atoms with Crippen LogP contribution in [0.4, 0.5) is 0 Å². The molecule has 96 valence electrons. The predicted molar refractivity (Wildman–Crippen MR) is 68.3 cm³/mol. The molecule has 0 aliphatic heterocycles. The van der Waals surface area contributed by atoms with E-state index in [1.165, 1.54) is 26.2 Å². The summed E-state index contributed by atoms with van der Waals surface area (Å²) < 4.78 is 0. The Kier molecular flexibility index (Phi) is 5.02. The number of amides is 1. The molecule has 0 heterocycles. The van der Waals surface area contributed by atoms with Gasteiger partial charge in [-0.05, 0) is 25.7 Å². The maximum absolute atomic E-state index is 11.2. The number of nitrogens with one attached hydrogen (secondary N) is 1. The first-order valence-electron chi connectivity index (χ1n) is 6.46. The van der Waals surface area contributed by atoms with Crippen LogP contribution in [0.2, 0.25) is 0 Å². The van der Waals surface area contributed by atoms with Crippen LogP contribution in [0.25, 0.3) is 0 Å². The summed E-state index contributed by atoms with van der Waals surface area (Å²) >= 11 is 0. The molecule has 2 N–H and O–H groups in total. The Hall–Kier alpha value is -1.01. The molecule has 2 rings (SSSR count). The molecule has 0 radical (unpaired) electrons. The Morgan fingerprint density at radius 3 is 2.35 bits per heavy atom. The van der Waals surface area contributed by atoms with Crippen molar-refractivity contribution in [1.29, 1.82) is 0 Å². The van der Waals surface area contributed by atoms with E-state index < -0.39 is 5.60 Å². The van der Waals surface area contributed by atoms with E-state index >= 15 is 0 Å². The van der Waals surface area contributed by atoms with Gasteiger partial charge in [0.15, 0.2) is 5.60 Å². The van der Waals surface area contributed by atoms with Gasteiger partial charge in [0, 0.05) is 12.5 Å². The maximum atomic E-state index is 11.2. The quantitative estimate of drug-likeness (QED) is 0.733. The first-order chi connectivity index (χ1) is 7.99. The highest BCUT2D eigenvalue weighted by Crippen LogP contribution is 2.31. The fourth-order valence-electron chi connectivity index (χ4n) is 1.37. The number of aliphatic hydroxyl groups is 1. The average Bonchev–Trinajstić information content (AvgIpc) is 3.14. The van der Waals surface area contributed by atoms with Gasteiger partial charge in [0.05, 0.1) is 0 Å². The number of terminal acetylenes is 1. The van der Waals surface area contributed by atoms with Gasteiger partial charge in [-0.2, -0.15) is 0 Å². The maximum Gasteiger partial charge on any atom is 0.252 e. The first-order valence-corrected chi connectivity index (χ1v) is 6.46. The second-order valence-electron chi connectivity index (χ2n) is 5.25. The summed E-state index contributed by atoms with van der Waals surface area (Å²) in [4.78, 5) is 11.2. The minimum atomic E-state index is -1.41. The normalized spacial score (nSPS) is 21.5. The lowest BCUT2D eigenvalue weighted by molar-refractivity contribution is -0.137. The summed E-state index contributed by atoms with van der Waals surface area (Å²) in [7, 11) is 0. The van der Waals surface area contributed by atoms with Crippen LogP contribution in [0, 0.1) is 18.3 Å². The summed E-state index contributed by atoms with van der Waals surface area (Å²) in [5, 5.41) is 12.2. The summed E-state index contributed by atoms with van der Waals surface area (Å²) in [6.07, 6.45) is 11.5. The summed E-state index contributed by atoms with van der Waals surface area (Å²) in [5.74, 6) is 3.05. The molecule has 1 amide bonds. The molecule has 17 heavy (non-hydrogen) atoms. The molecule has 1 unspecified atom stereocenters. The van der Waals surface area contributed by atoms with Crippen molar-refractivity contribution >= 4 is 5.91 Å². The summed E-state index contributed by atoms with van der Waals surface area (Å²) in [6, 6.07) is 0.266. The van der Waals surface area contributed by atoms with E-state index in [0.29, 0.717) is 0 Å². The number of rotatable bonds is 4. The largest absolute Gasteiger partial charge is 0.379 e. The lowest BCUT2D eigenvalue weighted by Gasteiger charge is -2.19. The topological polar surface area (TPSA) is 49.3 Å². The van der Waals surface area contributed by atoms with E-state index in [1.807, 2.05) is 0 Å². The molecule has 0 bridgehead atoms. The molecule has 0 saturated heterocycles. The van der Waals surface area contributed by atoms with E-state index in [-0.39, 0.29) is 18.4 Å². The van der Waals surface area contributed by atoms with Crippen LogP contribution in [-0.2, 0) is 4.79 Å². The molecule has 2 fully saturated rings. The zero-order valence-corrected chi connectivity index (χ0v) is 10.8. The Morgan fingerprint density at radius 2 is 2.06 bits per heavy atom. The Morgan fingerprint density at radius 1 is 1.47 bits per heavy atom. The van der Waals surface area contributed by atoms with Crippen molar-refractivity contribution in [1.82, 2.24) is 5.32 Å². The van der Waals surface area contributed by atoms with Gasteiger partial charge in [0.2, 0.25) is 0 Å². The van der Waals surface area contributed by atoms with Gasteiger partial charge in [0.25, 0.3) is 5.91 Å². The van der Waals surface area contributed by atoms with Gasteiger partial charge < -0.3 is 10.4 Å². The molecule has 2 saturated carbocycles. The molecule has 3 nitrogen and oxygen atoms in total. The molecule has 1 atom stereocenters. The van der Waals surface area contributed by atoms with Crippen molar-refractivity contribution in [3.63, 3.8) is 0 Å². The van der Waals surface area contributed by atoms with Crippen molar-refractivity contribution in [2.75, 3.05) is 0 Å². The number of hydrogen-bond donors (Lipinski definition) is 2. The van der Waals surface area contributed by atoms with E-state index in [0.717, 1.165) is 18.8 Å². The van der Waals surface area contributed by atoms with Crippen LogP contribution < -0.4 is 5.32 Å². The van der Waals surface area contributed by atoms with E-state index in [1.54, 1.807) is 0 Å². The third kappa shape index (κ3) is 5.74. The molecular formula is C14H23NO2. The number of carbonyl (C=O) groups excluding carboxylic acids is 1. The molecule has 3 heteroatoms. The van der Waals surface area contributed by atoms with E-state index in [9.17, 15) is 9.90 Å². The van der Waals surface area contributed by atoms with Gasteiger partial charge in [-0.15, -0.1) is 12.3 Å². The average molecular weight is 237 g/mol. The third-order valence-corrected chi connectivity index (χ3v) is 3.12. The monoisotopic (exact) mass is 237 g/mol.